The molecule has 0 atom stereocenters. The van der Waals surface area contributed by atoms with E-state index in [1.807, 2.05) is 72.8 Å². The summed E-state index contributed by atoms with van der Waals surface area (Å²) in [5, 5.41) is 23.1. The molecule has 2 N–H and O–H groups in total. The van der Waals surface area contributed by atoms with Crippen LogP contribution in [0.4, 0.5) is 0 Å². The molecule has 6 rings (SSSR count). The van der Waals surface area contributed by atoms with Gasteiger partial charge in [-0.2, -0.15) is 0 Å². The molecule has 0 spiro atoms. The second-order valence-electron chi connectivity index (χ2n) is 10.5. The predicted octanol–water partition coefficient (Wildman–Crippen LogP) is 11.6. The molecular formula is C38H36Br2Cl2N2P2. The molecule has 2 nitrogen and oxygen atoms in total. The smallest absolute Gasteiger partial charge is 0.0279 e. The minimum absolute atomic E-state index is 0. The Labute approximate surface area is 302 Å². The van der Waals surface area contributed by atoms with Gasteiger partial charge >= 0.3 is 0 Å². The Hall–Kier alpha value is -2.68. The van der Waals surface area contributed by atoms with E-state index >= 15 is 0 Å². The molecule has 0 amide bonds. The third kappa shape index (κ3) is 9.68. The van der Waals surface area contributed by atoms with Gasteiger partial charge in [0.2, 0.25) is 0 Å². The first-order valence-corrected chi connectivity index (χ1v) is 19.9. The van der Waals surface area contributed by atoms with Crippen molar-refractivity contribution in [1.29, 1.82) is 10.3 Å². The van der Waals surface area contributed by atoms with Crippen molar-refractivity contribution in [2.24, 2.45) is 0 Å². The van der Waals surface area contributed by atoms with Crippen molar-refractivity contribution in [3.8, 4) is 0 Å². The molecule has 0 aromatic heterocycles. The van der Waals surface area contributed by atoms with E-state index in [4.69, 9.17) is 0 Å². The van der Waals surface area contributed by atoms with Crippen LogP contribution in [0.2, 0.25) is 0 Å². The summed E-state index contributed by atoms with van der Waals surface area (Å²) in [6.45, 7) is 0. The normalized spacial score (nSPS) is 10.8. The number of hydrogen-bond donors (Lipinski definition) is 2. The average molecular weight is 813 g/mol. The summed E-state index contributed by atoms with van der Waals surface area (Å²) in [6.07, 6.45) is 1.52. The molecule has 46 heavy (non-hydrogen) atoms. The van der Waals surface area contributed by atoms with Gasteiger partial charge in [0, 0.05) is 35.4 Å². The van der Waals surface area contributed by atoms with Gasteiger partial charge in [-0.25, -0.2) is 0 Å². The van der Waals surface area contributed by atoms with Crippen molar-refractivity contribution in [3.63, 3.8) is 0 Å². The zero-order valence-corrected chi connectivity index (χ0v) is 31.6. The second kappa shape index (κ2) is 18.0. The Bertz CT molecular complexity index is 1630. The number of halogens is 4. The molecule has 0 unspecified atom stereocenters. The first-order chi connectivity index (χ1) is 21.4. The first-order valence-electron chi connectivity index (χ1n) is 14.3. The zero-order chi connectivity index (χ0) is 30.8. The Morgan fingerprint density at radius 1 is 0.348 bits per heavy atom. The van der Waals surface area contributed by atoms with Gasteiger partial charge in [-0.15, -0.1) is 24.8 Å². The molecular weight excluding hydrogens is 777 g/mol. The molecule has 6 aromatic carbocycles. The van der Waals surface area contributed by atoms with Crippen LogP contribution < -0.4 is 21.2 Å². The number of hydrogen-bond acceptors (Lipinski definition) is 2. The fraction of sp³-hybridized carbons (Fsp3) is 0.0526. The summed E-state index contributed by atoms with van der Waals surface area (Å²) in [6, 6.07) is 57.7. The lowest BCUT2D eigenvalue weighted by atomic mass is 10.2. The van der Waals surface area contributed by atoms with Crippen molar-refractivity contribution in [3.05, 3.63) is 190 Å². The monoisotopic (exact) mass is 810 g/mol. The molecule has 0 aliphatic carbocycles. The Morgan fingerprint density at radius 3 is 0.783 bits per heavy atom. The van der Waals surface area contributed by atoms with Crippen molar-refractivity contribution in [1.82, 2.24) is 0 Å². The van der Waals surface area contributed by atoms with Crippen LogP contribution in [0.5, 0.6) is 0 Å². The average Bonchev–Trinajstić information content (AvgIpc) is 3.09. The van der Waals surface area contributed by atoms with E-state index < -0.39 is 14.1 Å². The lowest BCUT2D eigenvalue weighted by molar-refractivity contribution is 1.36. The Kier molecular flexibility index (Phi) is 14.8. The van der Waals surface area contributed by atoms with E-state index in [-0.39, 0.29) is 24.8 Å². The van der Waals surface area contributed by atoms with Gasteiger partial charge in [-0.05, 0) is 56.6 Å². The summed E-state index contributed by atoms with van der Waals surface area (Å²) >= 11 is 6.95. The van der Waals surface area contributed by atoms with Crippen LogP contribution in [0.15, 0.2) is 179 Å². The summed E-state index contributed by atoms with van der Waals surface area (Å²) in [5.74, 6) is 0. The first kappa shape index (κ1) is 37.8. The maximum absolute atomic E-state index is 9.29. The molecule has 0 saturated heterocycles. The van der Waals surface area contributed by atoms with Crippen LogP contribution in [-0.2, 0) is 12.3 Å². The van der Waals surface area contributed by atoms with E-state index in [1.54, 1.807) is 0 Å². The highest BCUT2D eigenvalue weighted by atomic mass is 79.9. The van der Waals surface area contributed by atoms with Crippen molar-refractivity contribution in [2.75, 3.05) is 0 Å². The largest absolute Gasteiger partial charge is 0.309 e. The standard InChI is InChI=1S/2C19H17BrNP.2ClH/c2*20-17-13-11-16(12-14-17)15-22(21,18-7-3-1-4-8-18)19-9-5-2-6-10-19;;/h2*1-14,21H,15H2;2*1H. The molecule has 236 valence electrons. The third-order valence-corrected chi connectivity index (χ3v) is 14.9. The summed E-state index contributed by atoms with van der Waals surface area (Å²) < 4.78 is 2.15. The molecule has 0 saturated carbocycles. The van der Waals surface area contributed by atoms with Crippen LogP contribution in [0, 0.1) is 10.3 Å². The molecule has 0 heterocycles. The SMILES string of the molecule is Cl.Cl.N=P(Cc1ccc(Br)cc1)(c1ccccc1)c1ccccc1.N=P(Cc1ccc(Br)cc1)(c1ccccc1)c1ccccc1. The van der Waals surface area contributed by atoms with Gasteiger partial charge in [0.05, 0.1) is 0 Å². The summed E-state index contributed by atoms with van der Waals surface area (Å²) in [5.41, 5.74) is 2.42. The maximum atomic E-state index is 9.29. The minimum Gasteiger partial charge on any atom is -0.309 e. The van der Waals surface area contributed by atoms with E-state index in [0.717, 1.165) is 42.5 Å². The predicted molar refractivity (Wildman–Crippen MR) is 214 cm³/mol. The van der Waals surface area contributed by atoms with Gasteiger partial charge in [0.15, 0.2) is 0 Å². The van der Waals surface area contributed by atoms with Crippen molar-refractivity contribution >= 4 is 92.0 Å². The van der Waals surface area contributed by atoms with E-state index in [0.29, 0.717) is 0 Å². The van der Waals surface area contributed by atoms with Crippen LogP contribution in [0.3, 0.4) is 0 Å². The fourth-order valence-electron chi connectivity index (χ4n) is 5.12. The Morgan fingerprint density at radius 2 is 0.565 bits per heavy atom. The van der Waals surface area contributed by atoms with Gasteiger partial charge in [-0.3, -0.25) is 0 Å². The van der Waals surface area contributed by atoms with Crippen LogP contribution in [0.1, 0.15) is 11.1 Å². The van der Waals surface area contributed by atoms with Gasteiger partial charge < -0.3 is 10.3 Å². The van der Waals surface area contributed by atoms with Crippen LogP contribution in [0.25, 0.3) is 0 Å². The van der Waals surface area contributed by atoms with Crippen molar-refractivity contribution in [2.45, 2.75) is 12.3 Å². The molecule has 6 aromatic rings. The summed E-state index contributed by atoms with van der Waals surface area (Å²) in [7, 11) is -4.35. The topological polar surface area (TPSA) is 47.7 Å². The molecule has 0 aliphatic heterocycles. The number of benzene rings is 6. The molecule has 0 fully saturated rings. The van der Waals surface area contributed by atoms with Gasteiger partial charge in [0.1, 0.15) is 0 Å². The van der Waals surface area contributed by atoms with E-state index in [1.165, 1.54) is 11.1 Å². The highest BCUT2D eigenvalue weighted by Crippen LogP contribution is 2.48. The van der Waals surface area contributed by atoms with Gasteiger partial charge in [0.25, 0.3) is 0 Å². The van der Waals surface area contributed by atoms with Crippen LogP contribution in [-0.4, -0.2) is 0 Å². The summed E-state index contributed by atoms with van der Waals surface area (Å²) in [4.78, 5) is 0. The lowest BCUT2D eigenvalue weighted by Gasteiger charge is -2.23. The zero-order valence-electron chi connectivity index (χ0n) is 25.0. The molecule has 0 bridgehead atoms. The van der Waals surface area contributed by atoms with E-state index in [2.05, 4.69) is 129 Å². The fourth-order valence-corrected chi connectivity index (χ4v) is 11.2. The highest BCUT2D eigenvalue weighted by molar-refractivity contribution is 9.10. The quantitative estimate of drug-likeness (QED) is 0.144. The van der Waals surface area contributed by atoms with Gasteiger partial charge in [-0.1, -0.05) is 177 Å². The minimum atomic E-state index is -2.18. The highest BCUT2D eigenvalue weighted by Gasteiger charge is 2.23. The maximum Gasteiger partial charge on any atom is 0.0279 e. The third-order valence-electron chi connectivity index (χ3n) is 7.45. The number of nitrogens with one attached hydrogen (secondary N) is 2. The Balaban J connectivity index is 0.000000240. The van der Waals surface area contributed by atoms with E-state index in [9.17, 15) is 10.3 Å². The lowest BCUT2D eigenvalue weighted by Crippen LogP contribution is -2.17. The van der Waals surface area contributed by atoms with Crippen LogP contribution >= 0.6 is 70.8 Å². The molecule has 8 heteroatoms. The molecule has 0 aliphatic rings. The number of rotatable bonds is 8. The molecule has 0 radical (unpaired) electrons. The second-order valence-corrected chi connectivity index (χ2v) is 18.3. The van der Waals surface area contributed by atoms with Crippen molar-refractivity contribution < 1.29 is 0 Å².